The van der Waals surface area contributed by atoms with E-state index < -0.39 is 10.1 Å². The van der Waals surface area contributed by atoms with Gasteiger partial charge in [0.25, 0.3) is 0 Å². The van der Waals surface area contributed by atoms with E-state index in [2.05, 4.69) is 0 Å². The predicted octanol–water partition coefficient (Wildman–Crippen LogP) is 4.21. The van der Waals surface area contributed by atoms with Gasteiger partial charge < -0.3 is 5.11 Å². The second kappa shape index (κ2) is 7.19. The van der Waals surface area contributed by atoms with Crippen molar-refractivity contribution in [1.82, 2.24) is 5.06 Å². The van der Waals surface area contributed by atoms with E-state index in [-0.39, 0.29) is 10.8 Å². The van der Waals surface area contributed by atoms with Crippen LogP contribution in [0.4, 0.5) is 0 Å². The van der Waals surface area contributed by atoms with Crippen molar-refractivity contribution in [2.24, 2.45) is 0 Å². The molecule has 0 saturated carbocycles. The van der Waals surface area contributed by atoms with E-state index in [9.17, 15) is 13.5 Å². The average molecular weight is 369 g/mol. The minimum absolute atomic E-state index is 0.0153. The predicted molar refractivity (Wildman–Crippen MR) is 100 cm³/mol. The van der Waals surface area contributed by atoms with Gasteiger partial charge in [0.2, 0.25) is 5.88 Å². The molecule has 6 heteroatoms. The molecule has 1 aromatic rings. The molecule has 0 amide bonds. The van der Waals surface area contributed by atoms with Gasteiger partial charge in [-0.15, -0.1) is 4.28 Å². The Labute approximate surface area is 153 Å². The zero-order valence-electron chi connectivity index (χ0n) is 14.5. The van der Waals surface area contributed by atoms with Crippen molar-refractivity contribution >= 4 is 10.1 Å². The average Bonchev–Trinajstić information content (AvgIpc) is 3.09. The van der Waals surface area contributed by atoms with Crippen molar-refractivity contribution in [2.75, 3.05) is 0 Å². The third kappa shape index (κ3) is 4.04. The standard InChI is InChI=1S/C20H19NO4S/c1-15-7-11-19(12-8-15)26(23,24)25-21-18(13-16(2)14-20(21)22)10-9-17-5-3-4-6-17/h3-14,22H,1-2H3. The molecule has 5 nitrogen and oxygen atoms in total. The largest absolute Gasteiger partial charge is 0.493 e. The molecule has 1 heterocycles. The van der Waals surface area contributed by atoms with Crippen LogP contribution in [0.25, 0.3) is 0 Å². The molecule has 26 heavy (non-hydrogen) atoms. The van der Waals surface area contributed by atoms with Gasteiger partial charge in [-0.05, 0) is 49.3 Å². The van der Waals surface area contributed by atoms with Crippen LogP contribution in [-0.4, -0.2) is 18.6 Å². The molecule has 1 aliphatic heterocycles. The number of rotatable bonds is 4. The number of hydrogen-bond donors (Lipinski definition) is 1. The van der Waals surface area contributed by atoms with Crippen molar-refractivity contribution < 1.29 is 17.8 Å². The highest BCUT2D eigenvalue weighted by Crippen LogP contribution is 2.26. The van der Waals surface area contributed by atoms with Gasteiger partial charge in [-0.1, -0.05) is 48.1 Å². The summed E-state index contributed by atoms with van der Waals surface area (Å²) in [4.78, 5) is 0.0153. The van der Waals surface area contributed by atoms with Crippen LogP contribution in [0.2, 0.25) is 0 Å². The van der Waals surface area contributed by atoms with Crippen molar-refractivity contribution in [2.45, 2.75) is 18.7 Å². The van der Waals surface area contributed by atoms with Crippen molar-refractivity contribution in [3.63, 3.8) is 0 Å². The van der Waals surface area contributed by atoms with E-state index in [1.165, 1.54) is 18.2 Å². The maximum atomic E-state index is 12.6. The van der Waals surface area contributed by atoms with E-state index in [0.717, 1.165) is 21.8 Å². The Hall–Kier alpha value is -2.83. The maximum Gasteiger partial charge on any atom is 0.318 e. The van der Waals surface area contributed by atoms with Crippen LogP contribution in [-0.2, 0) is 14.4 Å². The lowest BCUT2D eigenvalue weighted by Crippen LogP contribution is -2.27. The van der Waals surface area contributed by atoms with Crippen LogP contribution >= 0.6 is 0 Å². The molecule has 1 aromatic carbocycles. The summed E-state index contributed by atoms with van der Waals surface area (Å²) in [6.07, 6.45) is 14.3. The molecule has 134 valence electrons. The minimum atomic E-state index is -4.09. The molecule has 0 radical (unpaired) electrons. The molecule has 0 aromatic heterocycles. The van der Waals surface area contributed by atoms with Gasteiger partial charge in [-0.25, -0.2) is 0 Å². The second-order valence-corrected chi connectivity index (χ2v) is 7.53. The van der Waals surface area contributed by atoms with Gasteiger partial charge in [0.15, 0.2) is 0 Å². The number of hydrogen-bond acceptors (Lipinski definition) is 5. The van der Waals surface area contributed by atoms with E-state index in [4.69, 9.17) is 4.28 Å². The number of aryl methyl sites for hydroxylation is 1. The fourth-order valence-electron chi connectivity index (χ4n) is 2.45. The highest BCUT2D eigenvalue weighted by atomic mass is 32.2. The van der Waals surface area contributed by atoms with Crippen molar-refractivity contribution in [3.05, 3.63) is 101 Å². The highest BCUT2D eigenvalue weighted by Gasteiger charge is 2.26. The molecule has 0 bridgehead atoms. The molecular formula is C20H19NO4S. The maximum absolute atomic E-state index is 12.6. The summed E-state index contributed by atoms with van der Waals surface area (Å²) in [5.74, 6) is -0.303. The summed E-state index contributed by atoms with van der Waals surface area (Å²) in [5.41, 5.74) is 3.07. The van der Waals surface area contributed by atoms with Crippen LogP contribution in [0, 0.1) is 6.92 Å². The zero-order chi connectivity index (χ0) is 18.7. The molecule has 0 spiro atoms. The number of nitrogens with zero attached hydrogens (tertiary/aromatic N) is 1. The Morgan fingerprint density at radius 3 is 2.31 bits per heavy atom. The first-order chi connectivity index (χ1) is 12.3. The number of allylic oxidation sites excluding steroid dienone is 10. The SMILES string of the molecule is CC1=CC(=CC=C2C=CC=C2)N(OS(=O)(=O)c2ccc(C)cc2)C(O)=C1. The first-order valence-corrected chi connectivity index (χ1v) is 9.43. The third-order valence-electron chi connectivity index (χ3n) is 3.79. The van der Waals surface area contributed by atoms with Crippen LogP contribution in [0.15, 0.2) is 100 Å². The normalized spacial score (nSPS) is 18.3. The Morgan fingerprint density at radius 2 is 1.65 bits per heavy atom. The quantitative estimate of drug-likeness (QED) is 0.861. The van der Waals surface area contributed by atoms with E-state index in [1.807, 2.05) is 37.3 Å². The number of aliphatic hydroxyl groups excluding tert-OH is 1. The lowest BCUT2D eigenvalue weighted by Gasteiger charge is -2.25. The van der Waals surface area contributed by atoms with Crippen LogP contribution < -0.4 is 0 Å². The molecule has 3 rings (SSSR count). The lowest BCUT2D eigenvalue weighted by atomic mass is 10.1. The summed E-state index contributed by atoms with van der Waals surface area (Å²) in [6.45, 7) is 3.67. The third-order valence-corrected chi connectivity index (χ3v) is 4.99. The summed E-state index contributed by atoms with van der Waals surface area (Å²) in [7, 11) is -4.09. The Kier molecular flexibility index (Phi) is 4.97. The zero-order valence-corrected chi connectivity index (χ0v) is 15.3. The molecule has 1 aliphatic carbocycles. The second-order valence-electron chi connectivity index (χ2n) is 6.00. The van der Waals surface area contributed by atoms with Gasteiger partial charge >= 0.3 is 10.1 Å². The van der Waals surface area contributed by atoms with Crippen LogP contribution in [0.1, 0.15) is 12.5 Å². The topological polar surface area (TPSA) is 66.8 Å². The van der Waals surface area contributed by atoms with Gasteiger partial charge in [-0.3, -0.25) is 0 Å². The molecule has 0 atom stereocenters. The number of hydroxylamine groups is 2. The fraction of sp³-hybridized carbons (Fsp3) is 0.100. The summed E-state index contributed by atoms with van der Waals surface area (Å²) < 4.78 is 30.3. The van der Waals surface area contributed by atoms with Gasteiger partial charge in [0.05, 0.1) is 10.6 Å². The summed E-state index contributed by atoms with van der Waals surface area (Å²) >= 11 is 0. The van der Waals surface area contributed by atoms with Gasteiger partial charge in [0.1, 0.15) is 0 Å². The Bertz CT molecular complexity index is 977. The highest BCUT2D eigenvalue weighted by molar-refractivity contribution is 7.86. The molecule has 0 fully saturated rings. The van der Waals surface area contributed by atoms with Crippen LogP contribution in [0.3, 0.4) is 0 Å². The van der Waals surface area contributed by atoms with E-state index in [0.29, 0.717) is 5.70 Å². The molecule has 1 N–H and O–H groups in total. The molecule has 0 unspecified atom stereocenters. The molecule has 2 aliphatic rings. The van der Waals surface area contributed by atoms with E-state index in [1.54, 1.807) is 31.2 Å². The monoisotopic (exact) mass is 369 g/mol. The minimum Gasteiger partial charge on any atom is -0.493 e. The van der Waals surface area contributed by atoms with Crippen LogP contribution in [0.5, 0.6) is 0 Å². The Morgan fingerprint density at radius 1 is 1.00 bits per heavy atom. The van der Waals surface area contributed by atoms with Gasteiger partial charge in [0, 0.05) is 6.08 Å². The number of aliphatic hydroxyl groups is 1. The first-order valence-electron chi connectivity index (χ1n) is 8.02. The lowest BCUT2D eigenvalue weighted by molar-refractivity contribution is -0.0201. The Balaban J connectivity index is 1.92. The van der Waals surface area contributed by atoms with Gasteiger partial charge in [-0.2, -0.15) is 13.5 Å². The van der Waals surface area contributed by atoms with E-state index >= 15 is 0 Å². The molecule has 0 saturated heterocycles. The summed E-state index contributed by atoms with van der Waals surface area (Å²) in [6, 6.07) is 6.31. The fourth-order valence-corrected chi connectivity index (χ4v) is 3.37. The smallest absolute Gasteiger partial charge is 0.318 e. The summed E-state index contributed by atoms with van der Waals surface area (Å²) in [5, 5.41) is 11.1. The van der Waals surface area contributed by atoms with Crippen molar-refractivity contribution in [1.29, 1.82) is 0 Å². The first kappa shape index (κ1) is 18.0. The molecular weight excluding hydrogens is 350 g/mol. The van der Waals surface area contributed by atoms with Crippen molar-refractivity contribution in [3.8, 4) is 0 Å². The number of benzene rings is 1.